The molecule has 21 heavy (non-hydrogen) atoms. The average molecular weight is 307 g/mol. The minimum absolute atomic E-state index is 0.242. The number of hydroxylamine groups is 1. The van der Waals surface area contributed by atoms with Crippen molar-refractivity contribution in [3.63, 3.8) is 0 Å². The van der Waals surface area contributed by atoms with E-state index in [2.05, 4.69) is 9.93 Å². The molecule has 0 aromatic heterocycles. The molecule has 114 valence electrons. The largest absolute Gasteiger partial charge is 0.416 e. The Bertz CT molecular complexity index is 575. The first-order chi connectivity index (χ1) is 9.74. The van der Waals surface area contributed by atoms with Gasteiger partial charge in [0.2, 0.25) is 0 Å². The van der Waals surface area contributed by atoms with Crippen LogP contribution >= 0.6 is 0 Å². The van der Waals surface area contributed by atoms with Gasteiger partial charge in [0.05, 0.1) is 11.3 Å². The molecule has 0 aliphatic heterocycles. The smallest absolute Gasteiger partial charge is 0.315 e. The third-order valence-electron chi connectivity index (χ3n) is 2.01. The predicted molar refractivity (Wildman–Crippen MR) is 62.5 cm³/mol. The van der Waals surface area contributed by atoms with Crippen molar-refractivity contribution in [3.05, 3.63) is 39.4 Å². The maximum Gasteiger partial charge on any atom is 0.416 e. The van der Waals surface area contributed by atoms with Crippen LogP contribution in [-0.2, 0) is 11.1 Å². The molecule has 0 atom stereocenters. The van der Waals surface area contributed by atoms with E-state index in [1.807, 2.05) is 5.43 Å². The third-order valence-corrected chi connectivity index (χ3v) is 2.01. The van der Waals surface area contributed by atoms with Crippen LogP contribution in [-0.4, -0.2) is 17.3 Å². The van der Waals surface area contributed by atoms with Crippen molar-refractivity contribution in [2.75, 3.05) is 0 Å². The number of carbonyl (C=O) groups is 1. The minimum Gasteiger partial charge on any atom is -0.315 e. The van der Waals surface area contributed by atoms with Crippen molar-refractivity contribution in [2.45, 2.75) is 6.18 Å². The number of nitrogens with one attached hydrogen (secondary N) is 2. The molecule has 9 nitrogen and oxygen atoms in total. The van der Waals surface area contributed by atoms with E-state index in [0.717, 1.165) is 12.4 Å². The number of amides is 1. The van der Waals surface area contributed by atoms with Crippen LogP contribution in [0.4, 0.5) is 18.9 Å². The normalized spacial score (nSPS) is 11.2. The maximum atomic E-state index is 12.7. The number of rotatable bonds is 5. The van der Waals surface area contributed by atoms with Crippen LogP contribution in [0.1, 0.15) is 15.9 Å². The summed E-state index contributed by atoms with van der Waals surface area (Å²) >= 11 is 0. The van der Waals surface area contributed by atoms with Gasteiger partial charge in [0, 0.05) is 5.56 Å². The monoisotopic (exact) mass is 307 g/mol. The van der Waals surface area contributed by atoms with Gasteiger partial charge < -0.3 is 5.43 Å². The second kappa shape index (κ2) is 6.51. The lowest BCUT2D eigenvalue weighted by Crippen LogP contribution is -2.26. The summed E-state index contributed by atoms with van der Waals surface area (Å²) in [4.78, 5) is 28.5. The number of carbonyl (C=O) groups excluding carboxylic acids is 1. The van der Waals surface area contributed by atoms with E-state index in [4.69, 9.17) is 5.84 Å². The Balaban J connectivity index is 3.15. The van der Waals surface area contributed by atoms with Crippen molar-refractivity contribution in [2.24, 2.45) is 10.8 Å². The van der Waals surface area contributed by atoms with E-state index in [1.165, 1.54) is 5.48 Å². The van der Waals surface area contributed by atoms with Gasteiger partial charge >= 0.3 is 11.3 Å². The zero-order valence-corrected chi connectivity index (χ0v) is 10.0. The fourth-order valence-corrected chi connectivity index (χ4v) is 1.23. The molecule has 0 saturated carbocycles. The quantitative estimate of drug-likeness (QED) is 0.241. The van der Waals surface area contributed by atoms with E-state index < -0.39 is 28.3 Å². The third kappa shape index (κ3) is 4.94. The van der Waals surface area contributed by atoms with Crippen molar-refractivity contribution < 1.29 is 28.0 Å². The molecule has 0 aliphatic rings. The molecule has 4 N–H and O–H groups in total. The van der Waals surface area contributed by atoms with Crippen molar-refractivity contribution in [1.29, 1.82) is 0 Å². The highest BCUT2D eigenvalue weighted by atomic mass is 19.4. The minimum atomic E-state index is -4.74. The van der Waals surface area contributed by atoms with Gasteiger partial charge in [-0.15, -0.1) is 10.1 Å². The zero-order chi connectivity index (χ0) is 16.0. The summed E-state index contributed by atoms with van der Waals surface area (Å²) in [5, 5.41) is 8.58. The maximum absolute atomic E-state index is 12.7. The van der Waals surface area contributed by atoms with Crippen LogP contribution in [0.25, 0.3) is 0 Å². The SMILES string of the molecule is NNC=Nc1cc(C(=O)NO[N+](=O)[O-])cc(C(F)(F)F)c1. The molecule has 0 heterocycles. The highest BCUT2D eigenvalue weighted by molar-refractivity contribution is 5.94. The second-order valence-electron chi connectivity index (χ2n) is 3.44. The summed E-state index contributed by atoms with van der Waals surface area (Å²) in [5.41, 5.74) is 1.40. The Hall–Kier alpha value is -2.89. The van der Waals surface area contributed by atoms with Gasteiger partial charge in [0.25, 0.3) is 5.91 Å². The van der Waals surface area contributed by atoms with Crippen LogP contribution < -0.4 is 16.7 Å². The number of nitrogens with zero attached hydrogens (tertiary/aromatic N) is 2. The number of aliphatic imine (C=N–C) groups is 1. The number of halogens is 3. The molecule has 0 radical (unpaired) electrons. The summed E-state index contributed by atoms with van der Waals surface area (Å²) in [7, 11) is 0. The van der Waals surface area contributed by atoms with Crippen LogP contribution in [0.5, 0.6) is 0 Å². The number of nitrogens with two attached hydrogens (primary N) is 1. The topological polar surface area (TPSA) is 132 Å². The summed E-state index contributed by atoms with van der Waals surface area (Å²) < 4.78 is 38.1. The molecular weight excluding hydrogens is 299 g/mol. The number of benzene rings is 1. The summed E-state index contributed by atoms with van der Waals surface area (Å²) in [6, 6.07) is 2.12. The molecule has 1 amide bonds. The Morgan fingerprint density at radius 2 is 2.10 bits per heavy atom. The first-order valence-corrected chi connectivity index (χ1v) is 5.06. The van der Waals surface area contributed by atoms with Crippen molar-refractivity contribution in [3.8, 4) is 0 Å². The first kappa shape index (κ1) is 16.2. The lowest BCUT2D eigenvalue weighted by Gasteiger charge is -2.10. The van der Waals surface area contributed by atoms with E-state index in [9.17, 15) is 28.1 Å². The molecule has 1 rings (SSSR count). The molecule has 0 bridgehead atoms. The number of hydrogen-bond donors (Lipinski definition) is 3. The van der Waals surface area contributed by atoms with Crippen LogP contribution in [0, 0.1) is 10.1 Å². The summed E-state index contributed by atoms with van der Waals surface area (Å²) in [6.07, 6.45) is -3.84. The summed E-state index contributed by atoms with van der Waals surface area (Å²) in [6.45, 7) is 0. The Labute approximate surface area is 114 Å². The van der Waals surface area contributed by atoms with Crippen molar-refractivity contribution >= 4 is 17.9 Å². The zero-order valence-electron chi connectivity index (χ0n) is 10.0. The van der Waals surface area contributed by atoms with E-state index >= 15 is 0 Å². The number of alkyl halides is 3. The molecule has 12 heteroatoms. The van der Waals surface area contributed by atoms with Gasteiger partial charge in [-0.3, -0.25) is 4.79 Å². The van der Waals surface area contributed by atoms with E-state index in [1.54, 1.807) is 0 Å². The standard InChI is InChI=1S/C9H8F3N5O4/c10-9(11,12)6-1-5(8(18)16-21-17(19)20)2-7(3-6)14-4-15-13/h1-4H,13H2,(H,14,15)(H,16,18). The lowest BCUT2D eigenvalue weighted by atomic mass is 10.1. The van der Waals surface area contributed by atoms with Gasteiger partial charge in [-0.2, -0.15) is 23.6 Å². The molecule has 0 spiro atoms. The van der Waals surface area contributed by atoms with Gasteiger partial charge in [-0.25, -0.2) is 10.8 Å². The Morgan fingerprint density at radius 1 is 1.43 bits per heavy atom. The summed E-state index contributed by atoms with van der Waals surface area (Å²) in [5.74, 6) is 3.64. The molecule has 0 fully saturated rings. The lowest BCUT2D eigenvalue weighted by molar-refractivity contribution is -0.771. The van der Waals surface area contributed by atoms with Crippen molar-refractivity contribution in [1.82, 2.24) is 10.9 Å². The molecular formula is C9H8F3N5O4. The predicted octanol–water partition coefficient (Wildman–Crippen LogP) is 0.682. The number of hydrogen-bond acceptors (Lipinski definition) is 6. The fourth-order valence-electron chi connectivity index (χ4n) is 1.23. The number of hydrazine groups is 1. The Kier molecular flexibility index (Phi) is 5.01. The van der Waals surface area contributed by atoms with Gasteiger partial charge in [-0.1, -0.05) is 0 Å². The Morgan fingerprint density at radius 3 is 2.62 bits per heavy atom. The molecule has 1 aromatic rings. The molecule has 1 aromatic carbocycles. The first-order valence-electron chi connectivity index (χ1n) is 5.06. The highest BCUT2D eigenvalue weighted by Crippen LogP contribution is 2.32. The highest BCUT2D eigenvalue weighted by Gasteiger charge is 2.31. The van der Waals surface area contributed by atoms with E-state index in [0.29, 0.717) is 12.1 Å². The molecule has 0 aliphatic carbocycles. The fraction of sp³-hybridized carbons (Fsp3) is 0.111. The van der Waals surface area contributed by atoms with Gasteiger partial charge in [-0.05, 0) is 18.2 Å². The molecule has 0 saturated heterocycles. The van der Waals surface area contributed by atoms with E-state index in [-0.39, 0.29) is 5.69 Å². The van der Waals surface area contributed by atoms with Crippen LogP contribution in [0.3, 0.4) is 0 Å². The van der Waals surface area contributed by atoms with Gasteiger partial charge in [0.15, 0.2) is 0 Å². The van der Waals surface area contributed by atoms with Crippen LogP contribution in [0.15, 0.2) is 23.2 Å². The molecule has 0 unspecified atom stereocenters. The average Bonchev–Trinajstić information content (AvgIpc) is 2.41. The second-order valence-corrected chi connectivity index (χ2v) is 3.44. The van der Waals surface area contributed by atoms with Gasteiger partial charge in [0.1, 0.15) is 6.34 Å². The van der Waals surface area contributed by atoms with Crippen LogP contribution in [0.2, 0.25) is 0 Å².